The number of ether oxygens (including phenoxy) is 1. The lowest BCUT2D eigenvalue weighted by molar-refractivity contribution is -0.141. The van der Waals surface area contributed by atoms with E-state index in [1.165, 1.54) is 52.1 Å². The largest absolute Gasteiger partial charge is 0.469 e. The van der Waals surface area contributed by atoms with Crippen LogP contribution in [-0.2, 0) is 9.53 Å². The van der Waals surface area contributed by atoms with E-state index in [-0.39, 0.29) is 5.97 Å². The summed E-state index contributed by atoms with van der Waals surface area (Å²) in [6.07, 6.45) is 11.6. The lowest BCUT2D eigenvalue weighted by Crippen LogP contribution is -2.28. The second-order valence-corrected chi connectivity index (χ2v) is 5.60. The van der Waals surface area contributed by atoms with Crippen molar-refractivity contribution in [3.05, 3.63) is 0 Å². The van der Waals surface area contributed by atoms with Crippen molar-refractivity contribution in [2.45, 2.75) is 57.8 Å². The number of rotatable bonds is 3. The van der Waals surface area contributed by atoms with Crippen LogP contribution in [0.4, 0.5) is 0 Å². The average Bonchev–Trinajstić information content (AvgIpc) is 2.35. The molecule has 2 aliphatic carbocycles. The summed E-state index contributed by atoms with van der Waals surface area (Å²) in [7, 11) is 1.49. The van der Waals surface area contributed by atoms with Gasteiger partial charge in [0.05, 0.1) is 7.11 Å². The highest BCUT2D eigenvalue weighted by molar-refractivity contribution is 5.69. The van der Waals surface area contributed by atoms with Crippen molar-refractivity contribution in [3.63, 3.8) is 0 Å². The van der Waals surface area contributed by atoms with E-state index in [0.717, 1.165) is 24.2 Å². The van der Waals surface area contributed by atoms with E-state index in [9.17, 15) is 4.79 Å². The second-order valence-electron chi connectivity index (χ2n) is 5.60. The topological polar surface area (TPSA) is 26.3 Å². The molecule has 0 heterocycles. The van der Waals surface area contributed by atoms with Gasteiger partial charge in [-0.25, -0.2) is 0 Å². The zero-order valence-electron chi connectivity index (χ0n) is 10.4. The van der Waals surface area contributed by atoms with Gasteiger partial charge in [-0.3, -0.25) is 4.79 Å². The summed E-state index contributed by atoms with van der Waals surface area (Å²) in [6.45, 7) is 0. The number of carbonyl (C=O) groups excluding carboxylic acids is 1. The zero-order valence-corrected chi connectivity index (χ0v) is 10.4. The van der Waals surface area contributed by atoms with Gasteiger partial charge in [0.15, 0.2) is 0 Å². The maximum absolute atomic E-state index is 11.1. The summed E-state index contributed by atoms with van der Waals surface area (Å²) in [5, 5.41) is 0. The third-order valence-electron chi connectivity index (χ3n) is 4.63. The Balaban J connectivity index is 1.74. The summed E-state index contributed by atoms with van der Waals surface area (Å²) < 4.78 is 4.71. The quantitative estimate of drug-likeness (QED) is 0.685. The molecule has 92 valence electrons. The van der Waals surface area contributed by atoms with Crippen LogP contribution in [0, 0.1) is 17.8 Å². The molecule has 0 aliphatic heterocycles. The van der Waals surface area contributed by atoms with Crippen LogP contribution in [0.5, 0.6) is 0 Å². The van der Waals surface area contributed by atoms with Gasteiger partial charge in [-0.05, 0) is 37.0 Å². The normalized spacial score (nSPS) is 34.2. The molecule has 3 atom stereocenters. The van der Waals surface area contributed by atoms with Crippen LogP contribution >= 0.6 is 0 Å². The predicted octanol–water partition coefficient (Wildman–Crippen LogP) is 3.55. The fourth-order valence-electron chi connectivity index (χ4n) is 3.66. The Morgan fingerprint density at radius 2 is 1.88 bits per heavy atom. The van der Waals surface area contributed by atoms with Gasteiger partial charge < -0.3 is 4.74 Å². The van der Waals surface area contributed by atoms with Gasteiger partial charge >= 0.3 is 5.97 Å². The predicted molar refractivity (Wildman–Crippen MR) is 64.0 cm³/mol. The Hall–Kier alpha value is -0.530. The molecule has 0 radical (unpaired) electrons. The molecule has 2 saturated carbocycles. The van der Waals surface area contributed by atoms with Gasteiger partial charge in [-0.2, -0.15) is 0 Å². The third kappa shape index (κ3) is 2.99. The molecule has 0 aromatic carbocycles. The molecule has 2 rings (SSSR count). The van der Waals surface area contributed by atoms with Crippen LogP contribution in [0.1, 0.15) is 57.8 Å². The van der Waals surface area contributed by atoms with E-state index >= 15 is 0 Å². The van der Waals surface area contributed by atoms with Gasteiger partial charge in [0.2, 0.25) is 0 Å². The lowest BCUT2D eigenvalue weighted by Gasteiger charge is -2.39. The first-order chi connectivity index (χ1) is 7.79. The Morgan fingerprint density at radius 3 is 2.62 bits per heavy atom. The average molecular weight is 224 g/mol. The molecule has 16 heavy (non-hydrogen) atoms. The van der Waals surface area contributed by atoms with Crippen molar-refractivity contribution < 1.29 is 9.53 Å². The highest BCUT2D eigenvalue weighted by atomic mass is 16.5. The molecule has 0 spiro atoms. The van der Waals surface area contributed by atoms with E-state index in [4.69, 9.17) is 4.74 Å². The maximum Gasteiger partial charge on any atom is 0.305 e. The summed E-state index contributed by atoms with van der Waals surface area (Å²) in [6, 6.07) is 0. The smallest absolute Gasteiger partial charge is 0.305 e. The SMILES string of the molecule is COC(=O)CC[C@@H]1CC[C@H]2CCCC[C@@H]2C1. The first-order valence-electron chi connectivity index (χ1n) is 6.86. The molecular weight excluding hydrogens is 200 g/mol. The summed E-state index contributed by atoms with van der Waals surface area (Å²) in [5.41, 5.74) is 0. The Kier molecular flexibility index (Phi) is 4.25. The number of hydrogen-bond acceptors (Lipinski definition) is 2. The van der Waals surface area contributed by atoms with Crippen molar-refractivity contribution >= 4 is 5.97 Å². The van der Waals surface area contributed by atoms with Gasteiger partial charge in [-0.1, -0.05) is 32.1 Å². The molecule has 0 saturated heterocycles. The number of fused-ring (bicyclic) bond motifs is 1. The van der Waals surface area contributed by atoms with Crippen molar-refractivity contribution in [1.29, 1.82) is 0 Å². The van der Waals surface area contributed by atoms with E-state index in [1.54, 1.807) is 0 Å². The molecule has 2 heteroatoms. The summed E-state index contributed by atoms with van der Waals surface area (Å²) >= 11 is 0. The molecule has 2 aliphatic rings. The van der Waals surface area contributed by atoms with Gasteiger partial charge in [-0.15, -0.1) is 0 Å². The minimum Gasteiger partial charge on any atom is -0.469 e. The Morgan fingerprint density at radius 1 is 1.12 bits per heavy atom. The van der Waals surface area contributed by atoms with Crippen LogP contribution < -0.4 is 0 Å². The number of methoxy groups -OCH3 is 1. The van der Waals surface area contributed by atoms with Crippen molar-refractivity contribution in [1.82, 2.24) is 0 Å². The summed E-state index contributed by atoms with van der Waals surface area (Å²) in [5.74, 6) is 2.75. The van der Waals surface area contributed by atoms with Crippen LogP contribution in [0.15, 0.2) is 0 Å². The van der Waals surface area contributed by atoms with Crippen LogP contribution in [0.2, 0.25) is 0 Å². The third-order valence-corrected chi connectivity index (χ3v) is 4.63. The highest BCUT2D eigenvalue weighted by Gasteiger charge is 2.31. The number of carbonyl (C=O) groups is 1. The molecule has 2 fully saturated rings. The summed E-state index contributed by atoms with van der Waals surface area (Å²) in [4.78, 5) is 11.1. The van der Waals surface area contributed by atoms with Gasteiger partial charge in [0.25, 0.3) is 0 Å². The standard InChI is InChI=1S/C14H24O2/c1-16-14(15)9-7-11-6-8-12-4-2-3-5-13(12)10-11/h11-13H,2-10H2,1H3/t11-,12+,13+/m0/s1. The first-order valence-corrected chi connectivity index (χ1v) is 6.86. The number of esters is 1. The molecule has 0 bridgehead atoms. The van der Waals surface area contributed by atoms with E-state index in [1.807, 2.05) is 0 Å². The lowest BCUT2D eigenvalue weighted by atomic mass is 9.67. The monoisotopic (exact) mass is 224 g/mol. The minimum absolute atomic E-state index is 0.0363. The molecule has 0 aromatic heterocycles. The van der Waals surface area contributed by atoms with Gasteiger partial charge in [0, 0.05) is 6.42 Å². The molecule has 0 N–H and O–H groups in total. The van der Waals surface area contributed by atoms with Crippen LogP contribution in [0.25, 0.3) is 0 Å². The second kappa shape index (κ2) is 5.70. The van der Waals surface area contributed by atoms with Crippen molar-refractivity contribution in [3.8, 4) is 0 Å². The molecular formula is C14H24O2. The van der Waals surface area contributed by atoms with Crippen molar-refractivity contribution in [2.75, 3.05) is 7.11 Å². The van der Waals surface area contributed by atoms with E-state index in [2.05, 4.69) is 0 Å². The molecule has 2 nitrogen and oxygen atoms in total. The van der Waals surface area contributed by atoms with Gasteiger partial charge in [0.1, 0.15) is 0 Å². The minimum atomic E-state index is -0.0363. The number of hydrogen-bond donors (Lipinski definition) is 0. The zero-order chi connectivity index (χ0) is 11.4. The van der Waals surface area contributed by atoms with Crippen molar-refractivity contribution in [2.24, 2.45) is 17.8 Å². The molecule has 0 amide bonds. The molecule has 0 unspecified atom stereocenters. The van der Waals surface area contributed by atoms with E-state index in [0.29, 0.717) is 6.42 Å². The Labute approximate surface area is 98.7 Å². The Bertz CT molecular complexity index is 237. The fraction of sp³-hybridized carbons (Fsp3) is 0.929. The van der Waals surface area contributed by atoms with Crippen LogP contribution in [-0.4, -0.2) is 13.1 Å². The first kappa shape index (κ1) is 11.9. The van der Waals surface area contributed by atoms with E-state index < -0.39 is 0 Å². The fourth-order valence-corrected chi connectivity index (χ4v) is 3.66. The maximum atomic E-state index is 11.1. The molecule has 0 aromatic rings. The highest BCUT2D eigenvalue weighted by Crippen LogP contribution is 2.43. The van der Waals surface area contributed by atoms with Crippen LogP contribution in [0.3, 0.4) is 0 Å².